The predicted molar refractivity (Wildman–Crippen MR) is 81.1 cm³/mol. The molecule has 2 N–H and O–H groups in total. The quantitative estimate of drug-likeness (QED) is 0.460. The Morgan fingerprint density at radius 1 is 1.29 bits per heavy atom. The third-order valence-electron chi connectivity index (χ3n) is 3.54. The van der Waals surface area contributed by atoms with Crippen LogP contribution in [0.25, 0.3) is 0 Å². The van der Waals surface area contributed by atoms with Crippen LogP contribution < -0.4 is 10.6 Å². The number of aliphatic imine (C=N–C) groups is 1. The molecule has 3 nitrogen and oxygen atoms in total. The fourth-order valence-electron chi connectivity index (χ4n) is 2.17. The number of hydrogen-bond donors (Lipinski definition) is 2. The number of benzene rings is 1. The molecule has 5 heteroatoms. The normalized spacial score (nSPS) is 15.1. The molecule has 0 heterocycles. The maximum absolute atomic E-state index is 13.5. The molecule has 1 aromatic carbocycles. The molecule has 116 valence electrons. The summed E-state index contributed by atoms with van der Waals surface area (Å²) >= 11 is 0. The molecule has 1 aromatic rings. The Hall–Kier alpha value is -1.65. The zero-order valence-corrected chi connectivity index (χ0v) is 12.5. The minimum Gasteiger partial charge on any atom is -0.357 e. The predicted octanol–water partition coefficient (Wildman–Crippen LogP) is 3.21. The van der Waals surface area contributed by atoms with Crippen LogP contribution in [0.2, 0.25) is 0 Å². The molecule has 0 aliphatic heterocycles. The molecular weight excluding hydrogens is 272 g/mol. The summed E-state index contributed by atoms with van der Waals surface area (Å²) in [5.74, 6) is 0.707. The van der Waals surface area contributed by atoms with Crippen molar-refractivity contribution in [3.05, 3.63) is 35.4 Å². The lowest BCUT2D eigenvalue weighted by Gasteiger charge is -2.11. The number of nitrogens with zero attached hydrogens (tertiary/aromatic N) is 1. The molecular formula is C16H23F2N3. The molecule has 1 saturated carbocycles. The van der Waals surface area contributed by atoms with Crippen molar-refractivity contribution in [1.82, 2.24) is 10.6 Å². The van der Waals surface area contributed by atoms with E-state index < -0.39 is 11.6 Å². The summed E-state index contributed by atoms with van der Waals surface area (Å²) in [6.45, 7) is 3.69. The second-order valence-corrected chi connectivity index (χ2v) is 5.44. The summed E-state index contributed by atoms with van der Waals surface area (Å²) in [7, 11) is 0. The van der Waals surface area contributed by atoms with Crippen LogP contribution in [0.1, 0.15) is 38.2 Å². The first-order valence-corrected chi connectivity index (χ1v) is 7.65. The van der Waals surface area contributed by atoms with E-state index in [4.69, 9.17) is 0 Å². The van der Waals surface area contributed by atoms with Crippen molar-refractivity contribution in [3.8, 4) is 0 Å². The van der Waals surface area contributed by atoms with E-state index in [2.05, 4.69) is 15.6 Å². The average molecular weight is 295 g/mol. The van der Waals surface area contributed by atoms with Crippen molar-refractivity contribution in [2.45, 2.75) is 39.2 Å². The molecule has 1 aliphatic rings. The second-order valence-electron chi connectivity index (χ2n) is 5.44. The number of guanidine groups is 1. The average Bonchev–Trinajstić information content (AvgIpc) is 3.28. The summed E-state index contributed by atoms with van der Waals surface area (Å²) in [4.78, 5) is 4.31. The van der Waals surface area contributed by atoms with Gasteiger partial charge in [0.15, 0.2) is 5.96 Å². The van der Waals surface area contributed by atoms with Crippen molar-refractivity contribution >= 4 is 5.96 Å². The van der Waals surface area contributed by atoms with Crippen molar-refractivity contribution in [1.29, 1.82) is 0 Å². The second kappa shape index (κ2) is 7.96. The Bertz CT molecular complexity index is 484. The van der Waals surface area contributed by atoms with Crippen LogP contribution in [-0.4, -0.2) is 19.0 Å². The van der Waals surface area contributed by atoms with Gasteiger partial charge in [-0.15, -0.1) is 0 Å². The van der Waals surface area contributed by atoms with Gasteiger partial charge in [0.2, 0.25) is 0 Å². The third-order valence-corrected chi connectivity index (χ3v) is 3.54. The van der Waals surface area contributed by atoms with E-state index in [0.717, 1.165) is 37.6 Å². The van der Waals surface area contributed by atoms with Crippen LogP contribution in [0.5, 0.6) is 0 Å². The van der Waals surface area contributed by atoms with Crippen LogP contribution in [-0.2, 0) is 6.54 Å². The molecule has 21 heavy (non-hydrogen) atoms. The molecule has 0 aromatic heterocycles. The fraction of sp³-hybridized carbons (Fsp3) is 0.562. The number of rotatable bonds is 7. The summed E-state index contributed by atoms with van der Waals surface area (Å²) in [5.41, 5.74) is 0.269. The molecule has 2 rings (SSSR count). The van der Waals surface area contributed by atoms with Crippen LogP contribution in [0.4, 0.5) is 8.78 Å². The first-order chi connectivity index (χ1) is 10.2. The maximum atomic E-state index is 13.5. The molecule has 0 atom stereocenters. The number of nitrogens with one attached hydrogen (secondary N) is 2. The highest BCUT2D eigenvalue weighted by atomic mass is 19.1. The Morgan fingerprint density at radius 3 is 2.81 bits per heavy atom. The fourth-order valence-corrected chi connectivity index (χ4v) is 2.17. The topological polar surface area (TPSA) is 36.4 Å². The van der Waals surface area contributed by atoms with Crippen molar-refractivity contribution in [2.75, 3.05) is 13.1 Å². The molecule has 0 amide bonds. The van der Waals surface area contributed by atoms with E-state index in [-0.39, 0.29) is 12.1 Å². The van der Waals surface area contributed by atoms with Crippen molar-refractivity contribution in [3.63, 3.8) is 0 Å². The van der Waals surface area contributed by atoms with E-state index in [1.807, 2.05) is 6.92 Å². The number of halogens is 2. The van der Waals surface area contributed by atoms with Gasteiger partial charge < -0.3 is 10.6 Å². The van der Waals surface area contributed by atoms with Gasteiger partial charge >= 0.3 is 0 Å². The molecule has 0 saturated heterocycles. The zero-order valence-electron chi connectivity index (χ0n) is 12.5. The molecule has 0 unspecified atom stereocenters. The highest BCUT2D eigenvalue weighted by Gasteiger charge is 2.19. The molecule has 1 aliphatic carbocycles. The molecule has 0 spiro atoms. The number of hydrogen-bond acceptors (Lipinski definition) is 1. The van der Waals surface area contributed by atoms with Crippen LogP contribution in [0.15, 0.2) is 23.2 Å². The summed E-state index contributed by atoms with van der Waals surface area (Å²) in [6.07, 6.45) is 5.11. The van der Waals surface area contributed by atoms with Gasteiger partial charge in [-0.2, -0.15) is 0 Å². The lowest BCUT2D eigenvalue weighted by atomic mass is 10.2. The van der Waals surface area contributed by atoms with Gasteiger partial charge in [-0.3, -0.25) is 0 Å². The maximum Gasteiger partial charge on any atom is 0.191 e. The summed E-state index contributed by atoms with van der Waals surface area (Å²) in [6, 6.07) is 3.44. The SMILES string of the molecule is CCNC(=NCc1cc(F)ccc1F)NCCCC1CC1. The van der Waals surface area contributed by atoms with E-state index >= 15 is 0 Å². The van der Waals surface area contributed by atoms with Crippen molar-refractivity contribution < 1.29 is 8.78 Å². The van der Waals surface area contributed by atoms with Crippen LogP contribution in [0, 0.1) is 17.6 Å². The smallest absolute Gasteiger partial charge is 0.191 e. The monoisotopic (exact) mass is 295 g/mol. The third kappa shape index (κ3) is 5.69. The van der Waals surface area contributed by atoms with Crippen LogP contribution >= 0.6 is 0 Å². The Balaban J connectivity index is 1.84. The Labute approximate surface area is 124 Å². The molecule has 1 fully saturated rings. The highest BCUT2D eigenvalue weighted by Crippen LogP contribution is 2.33. The van der Waals surface area contributed by atoms with E-state index in [1.165, 1.54) is 25.3 Å². The minimum absolute atomic E-state index is 0.127. The lowest BCUT2D eigenvalue weighted by Crippen LogP contribution is -2.37. The lowest BCUT2D eigenvalue weighted by molar-refractivity contribution is 0.585. The van der Waals surface area contributed by atoms with Gasteiger partial charge in [0, 0.05) is 18.7 Å². The van der Waals surface area contributed by atoms with Crippen LogP contribution in [0.3, 0.4) is 0 Å². The molecule has 0 bridgehead atoms. The Kier molecular flexibility index (Phi) is 5.96. The zero-order chi connectivity index (χ0) is 15.1. The first-order valence-electron chi connectivity index (χ1n) is 7.65. The summed E-state index contributed by atoms with van der Waals surface area (Å²) in [5, 5.41) is 6.34. The Morgan fingerprint density at radius 2 is 2.10 bits per heavy atom. The first kappa shape index (κ1) is 15.7. The van der Waals surface area contributed by atoms with Gasteiger partial charge in [-0.25, -0.2) is 13.8 Å². The standard InChI is InChI=1S/C16H23F2N3/c1-2-19-16(20-9-3-4-12-5-6-12)21-11-13-10-14(17)7-8-15(13)18/h7-8,10,12H,2-6,9,11H2,1H3,(H2,19,20,21). The van der Waals surface area contributed by atoms with Gasteiger partial charge in [0.1, 0.15) is 11.6 Å². The van der Waals surface area contributed by atoms with E-state index in [1.54, 1.807) is 0 Å². The van der Waals surface area contributed by atoms with E-state index in [0.29, 0.717) is 5.96 Å². The van der Waals surface area contributed by atoms with Gasteiger partial charge in [-0.1, -0.05) is 12.8 Å². The van der Waals surface area contributed by atoms with Gasteiger partial charge in [0.05, 0.1) is 6.54 Å². The van der Waals surface area contributed by atoms with E-state index in [9.17, 15) is 8.78 Å². The minimum atomic E-state index is -0.441. The van der Waals surface area contributed by atoms with Crippen molar-refractivity contribution in [2.24, 2.45) is 10.9 Å². The largest absolute Gasteiger partial charge is 0.357 e. The highest BCUT2D eigenvalue weighted by molar-refractivity contribution is 5.79. The molecule has 0 radical (unpaired) electrons. The summed E-state index contributed by atoms with van der Waals surface area (Å²) < 4.78 is 26.6. The van der Waals surface area contributed by atoms with Gasteiger partial charge in [0.25, 0.3) is 0 Å². The van der Waals surface area contributed by atoms with Gasteiger partial charge in [-0.05, 0) is 43.9 Å².